The van der Waals surface area contributed by atoms with Crippen LogP contribution in [0.5, 0.6) is 5.75 Å². The van der Waals surface area contributed by atoms with Crippen LogP contribution in [-0.4, -0.2) is 42.7 Å². The fourth-order valence-electron chi connectivity index (χ4n) is 4.64. The minimum atomic E-state index is -0.389. The van der Waals surface area contributed by atoms with Gasteiger partial charge < -0.3 is 14.7 Å². The molecule has 25 heavy (non-hydrogen) atoms. The molecule has 3 rings (SSSR count). The number of hydrogen-bond acceptors (Lipinski definition) is 3. The van der Waals surface area contributed by atoms with Crippen molar-refractivity contribution in [2.24, 2.45) is 5.41 Å². The van der Waals surface area contributed by atoms with Crippen LogP contribution in [0.3, 0.4) is 0 Å². The number of likely N-dealkylation sites (tertiary alicyclic amines) is 1. The number of piperidine rings is 1. The minimum absolute atomic E-state index is 0.00951. The molecule has 0 atom stereocenters. The molecule has 0 spiro atoms. The second-order valence-corrected chi connectivity index (χ2v) is 7.83. The van der Waals surface area contributed by atoms with Gasteiger partial charge in [0.15, 0.2) is 0 Å². The third-order valence-electron chi connectivity index (χ3n) is 6.69. The van der Waals surface area contributed by atoms with Gasteiger partial charge in [-0.15, -0.1) is 0 Å². The van der Waals surface area contributed by atoms with Crippen LogP contribution in [0.15, 0.2) is 24.3 Å². The lowest BCUT2D eigenvalue weighted by Gasteiger charge is -2.43. The molecule has 1 aliphatic carbocycles. The molecule has 4 heteroatoms. The molecule has 0 aromatic heterocycles. The van der Waals surface area contributed by atoms with Gasteiger partial charge in [-0.25, -0.2) is 0 Å². The summed E-state index contributed by atoms with van der Waals surface area (Å²) < 4.78 is 5.39. The number of methoxy groups -OCH3 is 1. The van der Waals surface area contributed by atoms with Crippen molar-refractivity contribution in [1.29, 1.82) is 0 Å². The maximum atomic E-state index is 13.5. The normalized spacial score (nSPS) is 22.0. The van der Waals surface area contributed by atoms with Crippen molar-refractivity contribution < 1.29 is 14.6 Å². The molecule has 1 N–H and O–H groups in total. The lowest BCUT2D eigenvalue weighted by atomic mass is 9.74. The molecule has 1 heterocycles. The number of amides is 1. The Kier molecular flexibility index (Phi) is 5.38. The summed E-state index contributed by atoms with van der Waals surface area (Å²) in [6, 6.07) is 8.05. The number of hydrogen-bond donors (Lipinski definition) is 1. The number of carbonyl (C=O) groups excluding carboxylic acids is 1. The highest BCUT2D eigenvalue weighted by molar-refractivity contribution is 5.89. The largest absolute Gasteiger partial charge is 0.497 e. The topological polar surface area (TPSA) is 49.8 Å². The van der Waals surface area contributed by atoms with E-state index in [1.54, 1.807) is 7.11 Å². The second-order valence-electron chi connectivity index (χ2n) is 7.83. The van der Waals surface area contributed by atoms with Gasteiger partial charge in [-0.1, -0.05) is 31.9 Å². The van der Waals surface area contributed by atoms with E-state index in [0.717, 1.165) is 69.3 Å². The van der Waals surface area contributed by atoms with Crippen LogP contribution in [-0.2, 0) is 10.2 Å². The molecule has 1 saturated heterocycles. The third-order valence-corrected chi connectivity index (χ3v) is 6.69. The SMILES string of the molecule is CCC1(CO)CCN(C(=O)C2(c3cccc(OC)c3)CCCC2)CC1. The van der Waals surface area contributed by atoms with Gasteiger partial charge in [0.25, 0.3) is 0 Å². The van der Waals surface area contributed by atoms with Crippen molar-refractivity contribution in [3.05, 3.63) is 29.8 Å². The van der Waals surface area contributed by atoms with Gasteiger partial charge >= 0.3 is 0 Å². The quantitative estimate of drug-likeness (QED) is 0.888. The first kappa shape index (κ1) is 18.2. The molecule has 0 bridgehead atoms. The Morgan fingerprint density at radius 3 is 2.44 bits per heavy atom. The second kappa shape index (κ2) is 7.36. The number of nitrogens with zero attached hydrogens (tertiary/aromatic N) is 1. The van der Waals surface area contributed by atoms with Crippen molar-refractivity contribution in [3.63, 3.8) is 0 Å². The fraction of sp³-hybridized carbons (Fsp3) is 0.667. The lowest BCUT2D eigenvalue weighted by molar-refractivity contribution is -0.140. The molecule has 1 aliphatic heterocycles. The predicted molar refractivity (Wildman–Crippen MR) is 98.8 cm³/mol. The molecular weight excluding hydrogens is 314 g/mol. The van der Waals surface area contributed by atoms with Crippen molar-refractivity contribution in [2.45, 2.75) is 57.3 Å². The molecule has 0 unspecified atom stereocenters. The fourth-order valence-corrected chi connectivity index (χ4v) is 4.64. The Bertz CT molecular complexity index is 593. The summed E-state index contributed by atoms with van der Waals surface area (Å²) in [4.78, 5) is 15.6. The van der Waals surface area contributed by atoms with Crippen molar-refractivity contribution >= 4 is 5.91 Å². The number of rotatable bonds is 5. The Morgan fingerprint density at radius 1 is 1.20 bits per heavy atom. The van der Waals surface area contributed by atoms with Crippen LogP contribution in [0.4, 0.5) is 0 Å². The highest BCUT2D eigenvalue weighted by Crippen LogP contribution is 2.45. The number of ether oxygens (including phenoxy) is 1. The zero-order valence-electron chi connectivity index (χ0n) is 15.6. The minimum Gasteiger partial charge on any atom is -0.497 e. The summed E-state index contributed by atoms with van der Waals surface area (Å²) in [5, 5.41) is 9.75. The monoisotopic (exact) mass is 345 g/mol. The molecule has 1 aromatic carbocycles. The summed E-state index contributed by atoms with van der Waals surface area (Å²) in [7, 11) is 1.67. The van der Waals surface area contributed by atoms with E-state index in [0.29, 0.717) is 0 Å². The highest BCUT2D eigenvalue weighted by atomic mass is 16.5. The van der Waals surface area contributed by atoms with Crippen LogP contribution in [0.1, 0.15) is 57.4 Å². The average molecular weight is 345 g/mol. The first-order valence-corrected chi connectivity index (χ1v) is 9.64. The van der Waals surface area contributed by atoms with Gasteiger partial charge in [-0.05, 0) is 55.2 Å². The smallest absolute Gasteiger partial charge is 0.233 e. The molecule has 1 aromatic rings. The molecule has 4 nitrogen and oxygen atoms in total. The average Bonchev–Trinajstić information content (AvgIpc) is 3.18. The number of aliphatic hydroxyl groups excluding tert-OH is 1. The number of benzene rings is 1. The van der Waals surface area contributed by atoms with Gasteiger partial charge in [-0.3, -0.25) is 4.79 Å². The van der Waals surface area contributed by atoms with Crippen molar-refractivity contribution in [1.82, 2.24) is 4.90 Å². The molecule has 0 radical (unpaired) electrons. The van der Waals surface area contributed by atoms with E-state index in [2.05, 4.69) is 13.0 Å². The van der Waals surface area contributed by atoms with Gasteiger partial charge in [0, 0.05) is 19.7 Å². The van der Waals surface area contributed by atoms with E-state index in [1.807, 2.05) is 23.1 Å². The predicted octanol–water partition coefficient (Wildman–Crippen LogP) is 3.52. The van der Waals surface area contributed by atoms with Crippen LogP contribution in [0.2, 0.25) is 0 Å². The molecule has 2 aliphatic rings. The van der Waals surface area contributed by atoms with Crippen molar-refractivity contribution in [2.75, 3.05) is 26.8 Å². The highest BCUT2D eigenvalue weighted by Gasteiger charge is 2.46. The molecule has 138 valence electrons. The zero-order valence-corrected chi connectivity index (χ0v) is 15.6. The first-order chi connectivity index (χ1) is 12.1. The third kappa shape index (κ3) is 3.29. The molecule has 2 fully saturated rings. The summed E-state index contributed by atoms with van der Waals surface area (Å²) in [6.45, 7) is 3.90. The zero-order chi connectivity index (χ0) is 17.9. The van der Waals surface area contributed by atoms with E-state index in [-0.39, 0.29) is 23.3 Å². The number of carbonyl (C=O) groups is 1. The van der Waals surface area contributed by atoms with Crippen LogP contribution < -0.4 is 4.74 Å². The summed E-state index contributed by atoms with van der Waals surface area (Å²) in [6.07, 6.45) is 6.84. The Hall–Kier alpha value is -1.55. The molecule has 1 saturated carbocycles. The van der Waals surface area contributed by atoms with E-state index < -0.39 is 0 Å². The van der Waals surface area contributed by atoms with Gasteiger partial charge in [0.1, 0.15) is 5.75 Å². The maximum absolute atomic E-state index is 13.5. The summed E-state index contributed by atoms with van der Waals surface area (Å²) >= 11 is 0. The molecule has 1 amide bonds. The maximum Gasteiger partial charge on any atom is 0.233 e. The van der Waals surface area contributed by atoms with E-state index >= 15 is 0 Å². The Morgan fingerprint density at radius 2 is 1.88 bits per heavy atom. The van der Waals surface area contributed by atoms with Crippen LogP contribution in [0.25, 0.3) is 0 Å². The van der Waals surface area contributed by atoms with E-state index in [1.165, 1.54) is 0 Å². The number of aliphatic hydroxyl groups is 1. The van der Waals surface area contributed by atoms with Crippen molar-refractivity contribution in [3.8, 4) is 5.75 Å². The first-order valence-electron chi connectivity index (χ1n) is 9.64. The van der Waals surface area contributed by atoms with Crippen LogP contribution >= 0.6 is 0 Å². The summed E-state index contributed by atoms with van der Waals surface area (Å²) in [5.74, 6) is 1.10. The van der Waals surface area contributed by atoms with Gasteiger partial charge in [0.2, 0.25) is 5.91 Å². The van der Waals surface area contributed by atoms with E-state index in [9.17, 15) is 9.90 Å². The Labute approximate surface area is 151 Å². The molecular formula is C21H31NO3. The van der Waals surface area contributed by atoms with Crippen LogP contribution in [0, 0.1) is 5.41 Å². The Balaban J connectivity index is 1.83. The lowest BCUT2D eigenvalue weighted by Crippen LogP contribution is -2.51. The summed E-state index contributed by atoms with van der Waals surface area (Å²) in [5.41, 5.74) is 0.721. The van der Waals surface area contributed by atoms with E-state index in [4.69, 9.17) is 4.74 Å². The van der Waals surface area contributed by atoms with Gasteiger partial charge in [-0.2, -0.15) is 0 Å². The standard InChI is InChI=1S/C21H31NO3/c1-3-20(16-23)11-13-22(14-12-20)19(24)21(9-4-5-10-21)17-7-6-8-18(15-17)25-2/h6-8,15,23H,3-5,9-14,16H2,1-2H3. The van der Waals surface area contributed by atoms with Gasteiger partial charge in [0.05, 0.1) is 12.5 Å².